The normalized spacial score (nSPS) is 14.2. The van der Waals surface area contributed by atoms with E-state index < -0.39 is 84.6 Å². The van der Waals surface area contributed by atoms with Crippen LogP contribution < -0.4 is 32.7 Å². The van der Waals surface area contributed by atoms with Crippen LogP contribution in [-0.4, -0.2) is 93.6 Å². The molecule has 0 unspecified atom stereocenters. The van der Waals surface area contributed by atoms with E-state index in [0.717, 1.165) is 0 Å². The molecule has 256 valence electrons. The number of amides is 4. The summed E-state index contributed by atoms with van der Waals surface area (Å²) in [6.07, 6.45) is -0.565. The van der Waals surface area contributed by atoms with Crippen LogP contribution in [0.4, 0.5) is 0 Å². The van der Waals surface area contributed by atoms with E-state index in [-0.39, 0.29) is 31.7 Å². The monoisotopic (exact) mass is 650 g/mol. The number of aliphatic carboxylic acids is 3. The average Bonchev–Trinajstić information content (AvgIpc) is 2.97. The van der Waals surface area contributed by atoms with Crippen molar-refractivity contribution in [3.63, 3.8) is 0 Å². The van der Waals surface area contributed by atoms with Gasteiger partial charge in [-0.25, -0.2) is 4.79 Å². The first-order valence-corrected chi connectivity index (χ1v) is 15.0. The molecule has 0 aromatic heterocycles. The topological polar surface area (TPSA) is 280 Å². The van der Waals surface area contributed by atoms with E-state index in [4.69, 9.17) is 16.6 Å². The van der Waals surface area contributed by atoms with Gasteiger partial charge >= 0.3 is 17.9 Å². The SMILES string of the molecule is CC(C)C[C@H](N)C(=O)N[C@@H](CCC(=O)O)C(=O)N[C@@H](CCCCN)C(=O)N[C@@H](Cc1ccccc1)C(=O)N[C@@H](CC(=O)O)C(=O)O. The van der Waals surface area contributed by atoms with E-state index in [1.165, 1.54) is 0 Å². The molecule has 0 fully saturated rings. The van der Waals surface area contributed by atoms with Gasteiger partial charge < -0.3 is 48.1 Å². The van der Waals surface area contributed by atoms with Crippen LogP contribution in [0, 0.1) is 5.92 Å². The lowest BCUT2D eigenvalue weighted by molar-refractivity contribution is -0.147. The summed E-state index contributed by atoms with van der Waals surface area (Å²) < 4.78 is 0. The number of nitrogens with two attached hydrogens (primary N) is 2. The largest absolute Gasteiger partial charge is 0.481 e. The molecule has 0 spiro atoms. The first-order valence-electron chi connectivity index (χ1n) is 15.0. The van der Waals surface area contributed by atoms with Crippen LogP contribution in [0.2, 0.25) is 0 Å². The molecule has 5 atom stereocenters. The van der Waals surface area contributed by atoms with Crippen molar-refractivity contribution < 1.29 is 48.9 Å². The summed E-state index contributed by atoms with van der Waals surface area (Å²) in [6.45, 7) is 3.99. The number of rotatable bonds is 22. The Bertz CT molecular complexity index is 1200. The minimum absolute atomic E-state index is 0.0532. The molecule has 11 N–H and O–H groups in total. The fraction of sp³-hybridized carbons (Fsp3) is 0.567. The highest BCUT2D eigenvalue weighted by molar-refractivity contribution is 5.96. The Hall–Kier alpha value is -4.57. The minimum Gasteiger partial charge on any atom is -0.481 e. The molecule has 0 aliphatic heterocycles. The average molecular weight is 651 g/mol. The van der Waals surface area contributed by atoms with Crippen molar-refractivity contribution in [3.05, 3.63) is 35.9 Å². The molecule has 1 aromatic rings. The predicted octanol–water partition coefficient (Wildman–Crippen LogP) is -0.905. The molecule has 0 bridgehead atoms. The maximum absolute atomic E-state index is 13.6. The Morgan fingerprint density at radius 1 is 0.696 bits per heavy atom. The van der Waals surface area contributed by atoms with Crippen molar-refractivity contribution in [2.75, 3.05) is 6.54 Å². The van der Waals surface area contributed by atoms with Crippen LogP contribution >= 0.6 is 0 Å². The fourth-order valence-corrected chi connectivity index (χ4v) is 4.44. The zero-order chi connectivity index (χ0) is 34.8. The molecule has 0 aliphatic rings. The van der Waals surface area contributed by atoms with Crippen molar-refractivity contribution in [3.8, 4) is 0 Å². The maximum Gasteiger partial charge on any atom is 0.326 e. The van der Waals surface area contributed by atoms with Crippen molar-refractivity contribution in [2.24, 2.45) is 17.4 Å². The Labute approximate surface area is 267 Å². The second-order valence-corrected chi connectivity index (χ2v) is 11.3. The maximum atomic E-state index is 13.6. The number of carbonyl (C=O) groups is 7. The number of hydrogen-bond acceptors (Lipinski definition) is 9. The molecule has 0 aliphatic carbocycles. The third kappa shape index (κ3) is 15.4. The van der Waals surface area contributed by atoms with Gasteiger partial charge in [-0.15, -0.1) is 0 Å². The van der Waals surface area contributed by atoms with E-state index in [9.17, 15) is 43.8 Å². The first kappa shape index (κ1) is 39.5. The molecule has 46 heavy (non-hydrogen) atoms. The van der Waals surface area contributed by atoms with Crippen molar-refractivity contribution in [1.82, 2.24) is 21.3 Å². The van der Waals surface area contributed by atoms with Gasteiger partial charge in [0.15, 0.2) is 0 Å². The lowest BCUT2D eigenvalue weighted by Crippen LogP contribution is -2.59. The predicted molar refractivity (Wildman–Crippen MR) is 165 cm³/mol. The second kappa shape index (κ2) is 20.5. The minimum atomic E-state index is -1.78. The quantitative estimate of drug-likeness (QED) is 0.0690. The van der Waals surface area contributed by atoms with Crippen molar-refractivity contribution in [2.45, 2.75) is 95.4 Å². The van der Waals surface area contributed by atoms with Crippen molar-refractivity contribution >= 4 is 41.5 Å². The number of unbranched alkanes of at least 4 members (excludes halogenated alkanes) is 1. The lowest BCUT2D eigenvalue weighted by Gasteiger charge is -2.26. The first-order chi connectivity index (χ1) is 21.6. The number of carboxylic acid groups (broad SMARTS) is 3. The summed E-state index contributed by atoms with van der Waals surface area (Å²) in [4.78, 5) is 86.8. The molecule has 0 saturated heterocycles. The molecule has 4 amide bonds. The second-order valence-electron chi connectivity index (χ2n) is 11.3. The molecule has 0 heterocycles. The molecule has 0 radical (unpaired) electrons. The molecule has 16 heteroatoms. The third-order valence-corrected chi connectivity index (χ3v) is 6.83. The van der Waals surface area contributed by atoms with Crippen LogP contribution in [0.25, 0.3) is 0 Å². The van der Waals surface area contributed by atoms with Gasteiger partial charge in [-0.2, -0.15) is 0 Å². The van der Waals surface area contributed by atoms with Crippen LogP contribution in [-0.2, 0) is 40.0 Å². The van der Waals surface area contributed by atoms with Gasteiger partial charge in [0.2, 0.25) is 23.6 Å². The highest BCUT2D eigenvalue weighted by Gasteiger charge is 2.32. The van der Waals surface area contributed by atoms with E-state index in [0.29, 0.717) is 24.8 Å². The van der Waals surface area contributed by atoms with E-state index in [2.05, 4.69) is 21.3 Å². The van der Waals surface area contributed by atoms with E-state index in [1.807, 2.05) is 13.8 Å². The fourth-order valence-electron chi connectivity index (χ4n) is 4.44. The van der Waals surface area contributed by atoms with Gasteiger partial charge in [0.25, 0.3) is 0 Å². The van der Waals surface area contributed by atoms with Gasteiger partial charge in [0.1, 0.15) is 24.2 Å². The van der Waals surface area contributed by atoms with Gasteiger partial charge in [-0.1, -0.05) is 44.2 Å². The highest BCUT2D eigenvalue weighted by atomic mass is 16.4. The van der Waals surface area contributed by atoms with Crippen LogP contribution in [0.15, 0.2) is 30.3 Å². The number of benzene rings is 1. The van der Waals surface area contributed by atoms with Crippen LogP contribution in [0.5, 0.6) is 0 Å². The van der Waals surface area contributed by atoms with E-state index >= 15 is 0 Å². The smallest absolute Gasteiger partial charge is 0.326 e. The molecule has 0 saturated carbocycles. The number of carbonyl (C=O) groups excluding carboxylic acids is 4. The summed E-state index contributed by atoms with van der Waals surface area (Å²) in [5.74, 6) is -7.52. The summed E-state index contributed by atoms with van der Waals surface area (Å²) in [5, 5.41) is 37.3. The summed E-state index contributed by atoms with van der Waals surface area (Å²) in [6, 6.07) is 1.69. The molecule has 1 rings (SSSR count). The Morgan fingerprint density at radius 2 is 1.22 bits per heavy atom. The summed E-state index contributed by atoms with van der Waals surface area (Å²) in [7, 11) is 0. The molecule has 16 nitrogen and oxygen atoms in total. The number of hydrogen-bond donors (Lipinski definition) is 9. The lowest BCUT2D eigenvalue weighted by atomic mass is 10.0. The van der Waals surface area contributed by atoms with Crippen LogP contribution in [0.3, 0.4) is 0 Å². The third-order valence-electron chi connectivity index (χ3n) is 6.83. The van der Waals surface area contributed by atoms with Gasteiger partial charge in [0, 0.05) is 12.8 Å². The molecule has 1 aromatic carbocycles. The standard InChI is InChI=1S/C30H46N6O10/c1-17(2)14-19(32)26(41)33-21(11-12-24(37)38)28(43)34-20(10-6-7-13-31)27(42)35-22(15-18-8-4-3-5-9-18)29(44)36-23(30(45)46)16-25(39)40/h3-5,8-9,17,19-23H,6-7,10-16,31-32H2,1-2H3,(H,33,41)(H,34,43)(H,35,42)(H,36,44)(H,37,38)(H,39,40)(H,45,46)/t19-,20-,21-,22-,23-/m0/s1. The Kier molecular flexibility index (Phi) is 17.5. The summed E-state index contributed by atoms with van der Waals surface area (Å²) >= 11 is 0. The Balaban J connectivity index is 3.28. The zero-order valence-corrected chi connectivity index (χ0v) is 26.1. The highest BCUT2D eigenvalue weighted by Crippen LogP contribution is 2.09. The van der Waals surface area contributed by atoms with E-state index in [1.54, 1.807) is 30.3 Å². The van der Waals surface area contributed by atoms with Crippen LogP contribution in [0.1, 0.15) is 64.4 Å². The van der Waals surface area contributed by atoms with Crippen molar-refractivity contribution in [1.29, 1.82) is 0 Å². The number of nitrogens with one attached hydrogen (secondary N) is 4. The zero-order valence-electron chi connectivity index (χ0n) is 26.1. The summed E-state index contributed by atoms with van der Waals surface area (Å²) in [5.41, 5.74) is 12.1. The molecular formula is C30H46N6O10. The van der Waals surface area contributed by atoms with Gasteiger partial charge in [0.05, 0.1) is 12.5 Å². The van der Waals surface area contributed by atoms with Gasteiger partial charge in [-0.05, 0) is 50.1 Å². The number of carboxylic acids is 3. The molecular weight excluding hydrogens is 604 g/mol. The van der Waals surface area contributed by atoms with Gasteiger partial charge in [-0.3, -0.25) is 28.8 Å². The Morgan fingerprint density at radius 3 is 1.74 bits per heavy atom.